The molecule has 2 nitrogen and oxygen atoms in total. The summed E-state index contributed by atoms with van der Waals surface area (Å²) in [5.74, 6) is 0.920. The first-order valence-corrected chi connectivity index (χ1v) is 6.29. The Bertz CT molecular complexity index is 369. The van der Waals surface area contributed by atoms with Gasteiger partial charge in [0.1, 0.15) is 12.4 Å². The Labute approximate surface area is 106 Å². The molecule has 0 amide bonds. The van der Waals surface area contributed by atoms with Gasteiger partial charge in [-0.25, -0.2) is 0 Å². The van der Waals surface area contributed by atoms with Crippen molar-refractivity contribution < 1.29 is 4.74 Å². The van der Waals surface area contributed by atoms with E-state index in [2.05, 4.69) is 55.8 Å². The molecule has 0 aromatic heterocycles. The molecule has 0 aliphatic carbocycles. The Morgan fingerprint density at radius 2 is 1.94 bits per heavy atom. The smallest absolute Gasteiger partial charge is 0.137 e. The molecular formula is C13H20BrNO. The Balaban J connectivity index is 3.21. The van der Waals surface area contributed by atoms with E-state index in [0.29, 0.717) is 13.2 Å². The van der Waals surface area contributed by atoms with Gasteiger partial charge in [0, 0.05) is 12.1 Å². The topological polar surface area (TPSA) is 35.2 Å². The summed E-state index contributed by atoms with van der Waals surface area (Å²) >= 11 is 3.55. The summed E-state index contributed by atoms with van der Waals surface area (Å²) in [6.07, 6.45) is 0. The molecular weight excluding hydrogens is 266 g/mol. The number of nitrogens with two attached hydrogens (primary N) is 1. The molecule has 16 heavy (non-hydrogen) atoms. The van der Waals surface area contributed by atoms with Gasteiger partial charge in [-0.1, -0.05) is 26.8 Å². The van der Waals surface area contributed by atoms with Crippen molar-refractivity contribution in [3.05, 3.63) is 27.7 Å². The van der Waals surface area contributed by atoms with Crippen LogP contribution in [-0.4, -0.2) is 13.2 Å². The van der Waals surface area contributed by atoms with Gasteiger partial charge in [-0.3, -0.25) is 0 Å². The largest absolute Gasteiger partial charge is 0.491 e. The van der Waals surface area contributed by atoms with E-state index in [4.69, 9.17) is 10.5 Å². The average Bonchev–Trinajstić information content (AvgIpc) is 2.14. The summed E-state index contributed by atoms with van der Waals surface area (Å²) in [7, 11) is 0. The van der Waals surface area contributed by atoms with Crippen molar-refractivity contribution in [1.82, 2.24) is 0 Å². The molecule has 1 aromatic carbocycles. The lowest BCUT2D eigenvalue weighted by molar-refractivity contribution is 0.316. The second kappa shape index (κ2) is 5.19. The maximum Gasteiger partial charge on any atom is 0.137 e. The summed E-state index contributed by atoms with van der Waals surface area (Å²) in [5.41, 5.74) is 7.99. The van der Waals surface area contributed by atoms with Crippen LogP contribution in [0.2, 0.25) is 0 Å². The molecule has 0 radical (unpaired) electrons. The van der Waals surface area contributed by atoms with E-state index >= 15 is 0 Å². The number of hydrogen-bond donors (Lipinski definition) is 1. The number of ether oxygens (including phenoxy) is 1. The molecule has 1 aromatic rings. The van der Waals surface area contributed by atoms with Crippen molar-refractivity contribution in [2.24, 2.45) is 5.73 Å². The van der Waals surface area contributed by atoms with Crippen molar-refractivity contribution >= 4 is 15.9 Å². The highest BCUT2D eigenvalue weighted by atomic mass is 79.9. The van der Waals surface area contributed by atoms with Crippen LogP contribution in [0.4, 0.5) is 0 Å². The second-order valence-corrected chi connectivity index (χ2v) is 5.86. The molecule has 0 bridgehead atoms. The molecule has 0 fully saturated rings. The van der Waals surface area contributed by atoms with Crippen molar-refractivity contribution in [2.45, 2.75) is 33.1 Å². The molecule has 2 N–H and O–H groups in total. The molecule has 0 aliphatic rings. The van der Waals surface area contributed by atoms with E-state index < -0.39 is 0 Å². The molecule has 0 aliphatic heterocycles. The highest BCUT2D eigenvalue weighted by molar-refractivity contribution is 9.10. The Kier molecular flexibility index (Phi) is 4.39. The summed E-state index contributed by atoms with van der Waals surface area (Å²) < 4.78 is 6.73. The number of hydrogen-bond acceptors (Lipinski definition) is 2. The summed E-state index contributed by atoms with van der Waals surface area (Å²) in [6.45, 7) is 9.72. The fourth-order valence-corrected chi connectivity index (χ4v) is 2.28. The number of aryl methyl sites for hydroxylation is 1. The van der Waals surface area contributed by atoms with Gasteiger partial charge in [-0.2, -0.15) is 0 Å². The van der Waals surface area contributed by atoms with Gasteiger partial charge in [0.2, 0.25) is 0 Å². The number of benzene rings is 1. The zero-order chi connectivity index (χ0) is 12.3. The van der Waals surface area contributed by atoms with Gasteiger partial charge in [-0.05, 0) is 39.9 Å². The van der Waals surface area contributed by atoms with Crippen LogP contribution in [0.15, 0.2) is 16.6 Å². The molecule has 0 saturated carbocycles. The number of rotatable bonds is 3. The van der Waals surface area contributed by atoms with E-state index in [1.54, 1.807) is 0 Å². The van der Waals surface area contributed by atoms with Crippen LogP contribution >= 0.6 is 15.9 Å². The summed E-state index contributed by atoms with van der Waals surface area (Å²) in [4.78, 5) is 0. The van der Waals surface area contributed by atoms with Crippen LogP contribution in [0.5, 0.6) is 5.75 Å². The first kappa shape index (κ1) is 13.5. The molecule has 3 heteroatoms. The highest BCUT2D eigenvalue weighted by Crippen LogP contribution is 2.37. The van der Waals surface area contributed by atoms with Gasteiger partial charge in [0.25, 0.3) is 0 Å². The average molecular weight is 286 g/mol. The molecule has 1 rings (SSSR count). The third-order valence-electron chi connectivity index (χ3n) is 2.36. The minimum absolute atomic E-state index is 0.0679. The molecule has 0 saturated heterocycles. The van der Waals surface area contributed by atoms with Crippen LogP contribution in [0.1, 0.15) is 31.9 Å². The van der Waals surface area contributed by atoms with Gasteiger partial charge >= 0.3 is 0 Å². The Hall–Kier alpha value is -0.540. The van der Waals surface area contributed by atoms with Crippen molar-refractivity contribution in [1.29, 1.82) is 0 Å². The zero-order valence-corrected chi connectivity index (χ0v) is 12.0. The normalized spacial score (nSPS) is 11.6. The number of halogens is 1. The van der Waals surface area contributed by atoms with E-state index in [1.807, 2.05) is 0 Å². The van der Waals surface area contributed by atoms with Crippen LogP contribution in [-0.2, 0) is 5.41 Å². The minimum atomic E-state index is 0.0679. The molecule has 0 spiro atoms. The fraction of sp³-hybridized carbons (Fsp3) is 0.538. The summed E-state index contributed by atoms with van der Waals surface area (Å²) in [6, 6.07) is 4.25. The second-order valence-electron chi connectivity index (χ2n) is 5.01. The maximum absolute atomic E-state index is 5.73. The lowest BCUT2D eigenvalue weighted by atomic mass is 9.85. The lowest BCUT2D eigenvalue weighted by Gasteiger charge is -2.24. The zero-order valence-electron chi connectivity index (χ0n) is 10.4. The van der Waals surface area contributed by atoms with Gasteiger partial charge in [-0.15, -0.1) is 0 Å². The minimum Gasteiger partial charge on any atom is -0.491 e. The van der Waals surface area contributed by atoms with E-state index in [0.717, 1.165) is 10.2 Å². The van der Waals surface area contributed by atoms with Crippen molar-refractivity contribution in [3.8, 4) is 5.75 Å². The lowest BCUT2D eigenvalue weighted by Crippen LogP contribution is -2.17. The standard InChI is InChI=1S/C13H20BrNO/c1-9-7-10(13(2,3)4)12(11(14)8-9)16-6-5-15/h7-8H,5-6,15H2,1-4H3. The fourth-order valence-electron chi connectivity index (χ4n) is 1.59. The molecule has 0 heterocycles. The monoisotopic (exact) mass is 285 g/mol. The third-order valence-corrected chi connectivity index (χ3v) is 2.95. The molecule has 0 atom stereocenters. The van der Waals surface area contributed by atoms with Crippen molar-refractivity contribution in [2.75, 3.05) is 13.2 Å². The quantitative estimate of drug-likeness (QED) is 0.924. The molecule has 90 valence electrons. The molecule has 0 unspecified atom stereocenters. The third kappa shape index (κ3) is 3.22. The van der Waals surface area contributed by atoms with Gasteiger partial charge in [0.05, 0.1) is 4.47 Å². The highest BCUT2D eigenvalue weighted by Gasteiger charge is 2.21. The van der Waals surface area contributed by atoms with E-state index in [-0.39, 0.29) is 5.41 Å². The van der Waals surface area contributed by atoms with Crippen LogP contribution in [0.25, 0.3) is 0 Å². The Morgan fingerprint density at radius 1 is 1.31 bits per heavy atom. The van der Waals surface area contributed by atoms with Gasteiger partial charge < -0.3 is 10.5 Å². The first-order valence-electron chi connectivity index (χ1n) is 5.49. The SMILES string of the molecule is Cc1cc(Br)c(OCCN)c(C(C)(C)C)c1. The first-order chi connectivity index (χ1) is 7.36. The predicted molar refractivity (Wildman–Crippen MR) is 72.1 cm³/mol. The van der Waals surface area contributed by atoms with Gasteiger partial charge in [0.15, 0.2) is 0 Å². The van der Waals surface area contributed by atoms with Crippen LogP contribution in [0, 0.1) is 6.92 Å². The van der Waals surface area contributed by atoms with Crippen molar-refractivity contribution in [3.63, 3.8) is 0 Å². The van der Waals surface area contributed by atoms with Crippen LogP contribution in [0.3, 0.4) is 0 Å². The predicted octanol–water partition coefficient (Wildman–Crippen LogP) is 3.39. The summed E-state index contributed by atoms with van der Waals surface area (Å²) in [5, 5.41) is 0. The van der Waals surface area contributed by atoms with E-state index in [9.17, 15) is 0 Å². The maximum atomic E-state index is 5.73. The van der Waals surface area contributed by atoms with Crippen LogP contribution < -0.4 is 10.5 Å². The van der Waals surface area contributed by atoms with E-state index in [1.165, 1.54) is 11.1 Å². The Morgan fingerprint density at radius 3 is 2.44 bits per heavy atom.